The molecule has 1 aromatic rings. The van der Waals surface area contributed by atoms with Gasteiger partial charge in [0.15, 0.2) is 0 Å². The normalized spacial score (nSPS) is 21.2. The van der Waals surface area contributed by atoms with E-state index in [1.54, 1.807) is 0 Å². The second-order valence-electron chi connectivity index (χ2n) is 6.16. The molecule has 0 saturated carbocycles. The molecule has 0 bridgehead atoms. The summed E-state index contributed by atoms with van der Waals surface area (Å²) in [7, 11) is 0. The number of hydrogen-bond acceptors (Lipinski definition) is 2. The topological polar surface area (TPSA) is 29.3 Å². The van der Waals surface area contributed by atoms with Crippen molar-refractivity contribution in [1.29, 1.82) is 0 Å². The first-order chi connectivity index (χ1) is 8.43. The lowest BCUT2D eigenvalue weighted by atomic mass is 9.93. The molecule has 2 rings (SSSR count). The molecule has 1 atom stereocenters. The molecule has 0 radical (unpaired) electrons. The minimum atomic E-state index is 0.335. The fraction of sp³-hybridized carbons (Fsp3) is 0.600. The molecular formula is C15H23BrN2. The highest BCUT2D eigenvalue weighted by molar-refractivity contribution is 9.10. The molecule has 1 fully saturated rings. The first-order valence-corrected chi connectivity index (χ1v) is 7.42. The van der Waals surface area contributed by atoms with E-state index in [9.17, 15) is 0 Å². The van der Waals surface area contributed by atoms with Gasteiger partial charge in [0.2, 0.25) is 0 Å². The summed E-state index contributed by atoms with van der Waals surface area (Å²) in [6.45, 7) is 9.75. The molecule has 100 valence electrons. The molecule has 1 heterocycles. The molecule has 18 heavy (non-hydrogen) atoms. The van der Waals surface area contributed by atoms with Gasteiger partial charge in [-0.25, -0.2) is 0 Å². The molecule has 2 nitrogen and oxygen atoms in total. The predicted octanol–water partition coefficient (Wildman–Crippen LogP) is 3.49. The summed E-state index contributed by atoms with van der Waals surface area (Å²) < 4.78 is 1.18. The van der Waals surface area contributed by atoms with Crippen LogP contribution in [0.2, 0.25) is 0 Å². The summed E-state index contributed by atoms with van der Waals surface area (Å²) in [4.78, 5) is 2.52. The van der Waals surface area contributed by atoms with Crippen molar-refractivity contribution in [2.24, 2.45) is 11.1 Å². The Morgan fingerprint density at radius 1 is 1.44 bits per heavy atom. The van der Waals surface area contributed by atoms with E-state index in [0.29, 0.717) is 18.0 Å². The van der Waals surface area contributed by atoms with E-state index >= 15 is 0 Å². The van der Waals surface area contributed by atoms with Crippen molar-refractivity contribution in [2.75, 3.05) is 19.6 Å². The summed E-state index contributed by atoms with van der Waals surface area (Å²) >= 11 is 3.68. The minimum absolute atomic E-state index is 0.335. The molecule has 1 aliphatic rings. The second-order valence-corrected chi connectivity index (χ2v) is 7.02. The summed E-state index contributed by atoms with van der Waals surface area (Å²) in [6, 6.07) is 6.90. The smallest absolute Gasteiger partial charge is 0.0481 e. The third kappa shape index (κ3) is 2.95. The standard InChI is InChI=1S/C15H23BrN2/c1-11-4-5-12(13(16)8-11)14(9-17)18-7-6-15(2,3)10-18/h4-5,8,14H,6-7,9-10,17H2,1-3H3. The zero-order valence-corrected chi connectivity index (χ0v) is 13.1. The largest absolute Gasteiger partial charge is 0.329 e. The van der Waals surface area contributed by atoms with Gasteiger partial charge in [0, 0.05) is 23.6 Å². The van der Waals surface area contributed by atoms with Crippen molar-refractivity contribution in [3.63, 3.8) is 0 Å². The van der Waals surface area contributed by atoms with E-state index in [0.717, 1.165) is 13.1 Å². The Labute approximate surface area is 119 Å². The van der Waals surface area contributed by atoms with Crippen molar-refractivity contribution in [1.82, 2.24) is 4.90 Å². The molecule has 3 heteroatoms. The number of aryl methyl sites for hydroxylation is 1. The van der Waals surface area contributed by atoms with Gasteiger partial charge in [-0.2, -0.15) is 0 Å². The number of likely N-dealkylation sites (tertiary alicyclic amines) is 1. The third-order valence-corrected chi connectivity index (χ3v) is 4.57. The lowest BCUT2D eigenvalue weighted by Crippen LogP contribution is -2.33. The maximum atomic E-state index is 6.02. The highest BCUT2D eigenvalue weighted by Crippen LogP contribution is 2.36. The molecule has 1 aliphatic heterocycles. The highest BCUT2D eigenvalue weighted by atomic mass is 79.9. The van der Waals surface area contributed by atoms with Crippen LogP contribution in [0.3, 0.4) is 0 Å². The van der Waals surface area contributed by atoms with Crippen LogP contribution in [0.4, 0.5) is 0 Å². The Bertz CT molecular complexity index is 429. The van der Waals surface area contributed by atoms with Gasteiger partial charge in [-0.3, -0.25) is 4.90 Å². The molecule has 0 aromatic heterocycles. The maximum absolute atomic E-state index is 6.02. The molecule has 1 saturated heterocycles. The Hall–Kier alpha value is -0.380. The van der Waals surface area contributed by atoms with Crippen LogP contribution in [0.5, 0.6) is 0 Å². The fourth-order valence-electron chi connectivity index (χ4n) is 2.80. The first-order valence-electron chi connectivity index (χ1n) is 6.63. The zero-order chi connectivity index (χ0) is 13.3. The van der Waals surface area contributed by atoms with E-state index in [1.807, 2.05) is 0 Å². The summed E-state index contributed by atoms with van der Waals surface area (Å²) in [5, 5.41) is 0. The Morgan fingerprint density at radius 3 is 2.67 bits per heavy atom. The number of halogens is 1. The van der Waals surface area contributed by atoms with Gasteiger partial charge in [0.05, 0.1) is 0 Å². The molecule has 0 spiro atoms. The van der Waals surface area contributed by atoms with E-state index < -0.39 is 0 Å². The van der Waals surface area contributed by atoms with Gasteiger partial charge in [0.1, 0.15) is 0 Å². The molecule has 1 unspecified atom stereocenters. The van der Waals surface area contributed by atoms with Gasteiger partial charge >= 0.3 is 0 Å². The summed E-state index contributed by atoms with van der Waals surface area (Å²) in [5.41, 5.74) is 9.04. The molecule has 2 N–H and O–H groups in total. The van der Waals surface area contributed by atoms with E-state index in [-0.39, 0.29) is 0 Å². The lowest BCUT2D eigenvalue weighted by molar-refractivity contribution is 0.223. The van der Waals surface area contributed by atoms with Gasteiger partial charge in [-0.05, 0) is 42.5 Å². The van der Waals surface area contributed by atoms with Crippen LogP contribution in [-0.4, -0.2) is 24.5 Å². The van der Waals surface area contributed by atoms with Crippen LogP contribution >= 0.6 is 15.9 Å². The average Bonchev–Trinajstić information content (AvgIpc) is 2.63. The van der Waals surface area contributed by atoms with Crippen LogP contribution in [0, 0.1) is 12.3 Å². The van der Waals surface area contributed by atoms with Crippen molar-refractivity contribution >= 4 is 15.9 Å². The van der Waals surface area contributed by atoms with E-state index in [4.69, 9.17) is 5.73 Å². The van der Waals surface area contributed by atoms with Gasteiger partial charge in [-0.15, -0.1) is 0 Å². The quantitative estimate of drug-likeness (QED) is 0.926. The maximum Gasteiger partial charge on any atom is 0.0481 e. The molecular weight excluding hydrogens is 288 g/mol. The van der Waals surface area contributed by atoms with Gasteiger partial charge < -0.3 is 5.73 Å². The number of nitrogens with two attached hydrogens (primary N) is 1. The van der Waals surface area contributed by atoms with Gasteiger partial charge in [-0.1, -0.05) is 41.9 Å². The van der Waals surface area contributed by atoms with E-state index in [2.05, 4.69) is 59.8 Å². The first kappa shape index (κ1) is 14.0. The van der Waals surface area contributed by atoms with Crippen molar-refractivity contribution in [3.05, 3.63) is 33.8 Å². The third-order valence-electron chi connectivity index (χ3n) is 3.89. The minimum Gasteiger partial charge on any atom is -0.329 e. The number of rotatable bonds is 3. The summed E-state index contributed by atoms with van der Waals surface area (Å²) in [6.07, 6.45) is 1.26. The van der Waals surface area contributed by atoms with Crippen LogP contribution < -0.4 is 5.73 Å². The second kappa shape index (κ2) is 5.32. The Morgan fingerprint density at radius 2 is 2.17 bits per heavy atom. The van der Waals surface area contributed by atoms with Crippen LogP contribution in [0.1, 0.15) is 37.4 Å². The molecule has 0 aliphatic carbocycles. The van der Waals surface area contributed by atoms with Gasteiger partial charge in [0.25, 0.3) is 0 Å². The molecule has 0 amide bonds. The zero-order valence-electron chi connectivity index (χ0n) is 11.5. The Balaban J connectivity index is 2.23. The number of benzene rings is 1. The van der Waals surface area contributed by atoms with E-state index in [1.165, 1.54) is 22.0 Å². The van der Waals surface area contributed by atoms with Crippen molar-refractivity contribution in [2.45, 2.75) is 33.2 Å². The lowest BCUT2D eigenvalue weighted by Gasteiger charge is -2.29. The Kier molecular flexibility index (Phi) is 4.15. The van der Waals surface area contributed by atoms with Crippen molar-refractivity contribution < 1.29 is 0 Å². The van der Waals surface area contributed by atoms with Crippen LogP contribution in [0.25, 0.3) is 0 Å². The van der Waals surface area contributed by atoms with Crippen LogP contribution in [-0.2, 0) is 0 Å². The van der Waals surface area contributed by atoms with Crippen molar-refractivity contribution in [3.8, 4) is 0 Å². The predicted molar refractivity (Wildman–Crippen MR) is 80.6 cm³/mol. The number of hydrogen-bond donors (Lipinski definition) is 1. The average molecular weight is 311 g/mol. The number of nitrogens with zero attached hydrogens (tertiary/aromatic N) is 1. The monoisotopic (exact) mass is 310 g/mol. The highest BCUT2D eigenvalue weighted by Gasteiger charge is 2.33. The molecule has 1 aromatic carbocycles. The fourth-order valence-corrected chi connectivity index (χ4v) is 3.55. The van der Waals surface area contributed by atoms with Crippen LogP contribution in [0.15, 0.2) is 22.7 Å². The summed E-state index contributed by atoms with van der Waals surface area (Å²) in [5.74, 6) is 0. The SMILES string of the molecule is Cc1ccc(C(CN)N2CCC(C)(C)C2)c(Br)c1.